The highest BCUT2D eigenvalue weighted by Crippen LogP contribution is 2.34. The molecule has 1 aliphatic rings. The number of H-pyrrole nitrogens is 1. The molecule has 0 fully saturated rings. The van der Waals surface area contributed by atoms with E-state index in [9.17, 15) is 19.5 Å². The Bertz CT molecular complexity index is 2040. The van der Waals surface area contributed by atoms with Crippen LogP contribution in [-0.2, 0) is 13.0 Å². The summed E-state index contributed by atoms with van der Waals surface area (Å²) in [5.74, 6) is -0.219. The maximum atomic E-state index is 13.1. The number of aromatic nitrogens is 2. The van der Waals surface area contributed by atoms with Crippen molar-refractivity contribution < 1.29 is 14.7 Å². The highest BCUT2D eigenvalue weighted by atomic mass is 32.1. The van der Waals surface area contributed by atoms with Crippen molar-refractivity contribution in [2.24, 2.45) is 0 Å². The van der Waals surface area contributed by atoms with Crippen LogP contribution in [0.5, 0.6) is 0 Å². The first-order chi connectivity index (χ1) is 22.0. The van der Waals surface area contributed by atoms with Gasteiger partial charge in [-0.2, -0.15) is 0 Å². The topological polar surface area (TPSA) is 119 Å². The molecule has 0 spiro atoms. The minimum absolute atomic E-state index is 0.0143. The van der Waals surface area contributed by atoms with Gasteiger partial charge in [-0.05, 0) is 98.2 Å². The lowest BCUT2D eigenvalue weighted by Gasteiger charge is -2.30. The molecule has 0 aliphatic carbocycles. The Morgan fingerprint density at radius 1 is 1.07 bits per heavy atom. The predicted molar refractivity (Wildman–Crippen MR) is 186 cm³/mol. The fraction of sp³-hybridized carbons (Fsp3) is 0.278. The van der Waals surface area contributed by atoms with Gasteiger partial charge in [0.15, 0.2) is 5.13 Å². The minimum Gasteiger partial charge on any atom is -0.465 e. The number of aromatic amines is 1. The van der Waals surface area contributed by atoms with Crippen molar-refractivity contribution in [3.05, 3.63) is 105 Å². The van der Waals surface area contributed by atoms with Gasteiger partial charge in [-0.1, -0.05) is 48.6 Å². The van der Waals surface area contributed by atoms with Gasteiger partial charge >= 0.3 is 6.09 Å². The Kier molecular flexibility index (Phi) is 8.50. The Hall–Kier alpha value is -4.80. The summed E-state index contributed by atoms with van der Waals surface area (Å²) in [6.45, 7) is 10.0. The molecule has 0 saturated carbocycles. The number of carbonyl (C=O) groups excluding carboxylic acids is 1. The second-order valence-electron chi connectivity index (χ2n) is 12.6. The van der Waals surface area contributed by atoms with Crippen LogP contribution in [0.25, 0.3) is 26.7 Å². The zero-order valence-corrected chi connectivity index (χ0v) is 27.2. The number of hydrogen-bond donors (Lipinski definition) is 3. The van der Waals surface area contributed by atoms with Crippen LogP contribution < -0.4 is 15.8 Å². The Balaban J connectivity index is 1.08. The number of pyridine rings is 1. The van der Waals surface area contributed by atoms with Crippen molar-refractivity contribution in [2.75, 3.05) is 23.3 Å². The second kappa shape index (κ2) is 12.5. The third-order valence-electron chi connectivity index (χ3n) is 8.27. The molecule has 3 N–H and O–H groups in total. The van der Waals surface area contributed by atoms with E-state index in [4.69, 9.17) is 0 Å². The number of amides is 2. The van der Waals surface area contributed by atoms with Gasteiger partial charge in [0.05, 0.1) is 10.2 Å². The van der Waals surface area contributed by atoms with Gasteiger partial charge in [0.25, 0.3) is 11.5 Å². The fourth-order valence-corrected chi connectivity index (χ4v) is 7.00. The number of rotatable bonds is 7. The Morgan fingerprint density at radius 2 is 1.85 bits per heavy atom. The number of aryl methyl sites for hydroxylation is 1. The molecule has 2 amide bonds. The monoisotopic (exact) mass is 635 g/mol. The van der Waals surface area contributed by atoms with Crippen molar-refractivity contribution in [1.29, 1.82) is 0 Å². The quantitative estimate of drug-likeness (QED) is 0.170. The molecule has 10 heteroatoms. The van der Waals surface area contributed by atoms with Gasteiger partial charge in [-0.25, -0.2) is 14.7 Å². The SMILES string of the molecule is CCc1cc2ccc(CN3CC=C(c4ccc(C(=O)Nc5ccc6nc(N(C(=O)O)C(C)(C)C)sc6c5)cc4)CC3)cc2[nH]c1=O. The average Bonchev–Trinajstić information content (AvgIpc) is 3.42. The zero-order valence-electron chi connectivity index (χ0n) is 26.4. The number of nitrogens with one attached hydrogen (secondary N) is 2. The summed E-state index contributed by atoms with van der Waals surface area (Å²) in [6, 6.07) is 21.3. The first-order valence-corrected chi connectivity index (χ1v) is 16.2. The molecule has 3 aromatic carbocycles. The summed E-state index contributed by atoms with van der Waals surface area (Å²) in [6.07, 6.45) is 2.81. The van der Waals surface area contributed by atoms with Crippen LogP contribution in [0.1, 0.15) is 61.2 Å². The lowest BCUT2D eigenvalue weighted by molar-refractivity contribution is 0.102. The standard InChI is InChI=1S/C36H37N5O4S/c1-5-23-19-27-7-6-22(18-30(27)38-32(23)42)21-40-16-14-25(15-17-40)24-8-10-26(11-9-24)33(43)37-28-12-13-29-31(20-28)46-34(39-29)41(35(44)45)36(2,3)4/h6-14,18-20H,5,15-17,21H2,1-4H3,(H,37,43)(H,38,42)(H,44,45). The van der Waals surface area contributed by atoms with Gasteiger partial charge in [0, 0.05) is 47.5 Å². The molecule has 9 nitrogen and oxygen atoms in total. The van der Waals surface area contributed by atoms with Gasteiger partial charge < -0.3 is 15.4 Å². The fourth-order valence-electron chi connectivity index (χ4n) is 5.81. The van der Waals surface area contributed by atoms with E-state index in [2.05, 4.69) is 44.5 Å². The number of anilines is 2. The molecule has 1 aliphatic heterocycles. The highest BCUT2D eigenvalue weighted by molar-refractivity contribution is 7.22. The average molecular weight is 636 g/mol. The van der Waals surface area contributed by atoms with Gasteiger partial charge in [0.1, 0.15) is 0 Å². The van der Waals surface area contributed by atoms with E-state index in [-0.39, 0.29) is 11.5 Å². The summed E-state index contributed by atoms with van der Waals surface area (Å²) in [5.41, 5.74) is 6.40. The summed E-state index contributed by atoms with van der Waals surface area (Å²) >= 11 is 1.28. The predicted octanol–water partition coefficient (Wildman–Crippen LogP) is 7.52. The number of thiazole rings is 1. The second-order valence-corrected chi connectivity index (χ2v) is 13.6. The molecule has 0 radical (unpaired) electrons. The van der Waals surface area contributed by atoms with Crippen LogP contribution in [0.4, 0.5) is 15.6 Å². The van der Waals surface area contributed by atoms with Gasteiger partial charge in [-0.3, -0.25) is 14.5 Å². The van der Waals surface area contributed by atoms with Crippen LogP contribution in [0.15, 0.2) is 77.6 Å². The van der Waals surface area contributed by atoms with Crippen LogP contribution in [0.3, 0.4) is 0 Å². The number of hydrogen-bond acceptors (Lipinski definition) is 6. The number of carboxylic acid groups (broad SMARTS) is 1. The van der Waals surface area contributed by atoms with Crippen molar-refractivity contribution >= 4 is 60.8 Å². The number of benzene rings is 3. The molecule has 0 unspecified atom stereocenters. The number of fused-ring (bicyclic) bond motifs is 2. The highest BCUT2D eigenvalue weighted by Gasteiger charge is 2.30. The van der Waals surface area contributed by atoms with Crippen molar-refractivity contribution in [3.8, 4) is 0 Å². The third kappa shape index (κ3) is 6.59. The summed E-state index contributed by atoms with van der Waals surface area (Å²) in [4.78, 5) is 48.4. The molecule has 3 heterocycles. The van der Waals surface area contributed by atoms with E-state index in [0.29, 0.717) is 28.3 Å². The molecule has 0 atom stereocenters. The Labute approximate surface area is 271 Å². The lowest BCUT2D eigenvalue weighted by Crippen LogP contribution is -2.45. The van der Waals surface area contributed by atoms with Crippen LogP contribution >= 0.6 is 11.3 Å². The smallest absolute Gasteiger partial charge is 0.414 e. The molecule has 5 aromatic rings. The van der Waals surface area contributed by atoms with Gasteiger partial charge in [-0.15, -0.1) is 0 Å². The lowest BCUT2D eigenvalue weighted by atomic mass is 9.98. The maximum Gasteiger partial charge on any atom is 0.414 e. The molecule has 2 aromatic heterocycles. The van der Waals surface area contributed by atoms with E-state index in [1.165, 1.54) is 27.4 Å². The van der Waals surface area contributed by atoms with Crippen LogP contribution in [0.2, 0.25) is 0 Å². The van der Waals surface area contributed by atoms with Crippen LogP contribution in [-0.4, -0.2) is 50.6 Å². The van der Waals surface area contributed by atoms with Crippen LogP contribution in [0, 0.1) is 0 Å². The van der Waals surface area contributed by atoms with E-state index in [0.717, 1.165) is 52.8 Å². The van der Waals surface area contributed by atoms with E-state index in [1.807, 2.05) is 64.1 Å². The normalized spacial score (nSPS) is 14.0. The van der Waals surface area contributed by atoms with Gasteiger partial charge in [0.2, 0.25) is 0 Å². The van der Waals surface area contributed by atoms with Crippen molar-refractivity contribution in [3.63, 3.8) is 0 Å². The first-order valence-electron chi connectivity index (χ1n) is 15.4. The molecule has 236 valence electrons. The zero-order chi connectivity index (χ0) is 32.6. The minimum atomic E-state index is -1.06. The number of carbonyl (C=O) groups is 2. The maximum absolute atomic E-state index is 13.1. The first kappa shape index (κ1) is 31.2. The number of nitrogens with zero attached hydrogens (tertiary/aromatic N) is 3. The summed E-state index contributed by atoms with van der Waals surface area (Å²) in [5, 5.41) is 14.1. The van der Waals surface area contributed by atoms with E-state index >= 15 is 0 Å². The molecule has 46 heavy (non-hydrogen) atoms. The van der Waals surface area contributed by atoms with Crippen molar-refractivity contribution in [1.82, 2.24) is 14.9 Å². The van der Waals surface area contributed by atoms with Crippen molar-refractivity contribution in [2.45, 2.75) is 52.6 Å². The van der Waals surface area contributed by atoms with E-state index in [1.54, 1.807) is 12.1 Å². The summed E-state index contributed by atoms with van der Waals surface area (Å²) < 4.78 is 0.790. The molecule has 0 saturated heterocycles. The Morgan fingerprint density at radius 3 is 2.52 bits per heavy atom. The third-order valence-corrected chi connectivity index (χ3v) is 9.28. The molecule has 0 bridgehead atoms. The molecular weight excluding hydrogens is 598 g/mol. The summed E-state index contributed by atoms with van der Waals surface area (Å²) in [7, 11) is 0. The van der Waals surface area contributed by atoms with E-state index < -0.39 is 11.6 Å². The molecular formula is C36H37N5O4S. The molecule has 6 rings (SSSR count). The largest absolute Gasteiger partial charge is 0.465 e.